The van der Waals surface area contributed by atoms with Crippen molar-refractivity contribution in [1.82, 2.24) is 9.97 Å². The first-order valence-corrected chi connectivity index (χ1v) is 6.61. The van der Waals surface area contributed by atoms with Gasteiger partial charge in [-0.3, -0.25) is 4.79 Å². The summed E-state index contributed by atoms with van der Waals surface area (Å²) in [5.41, 5.74) is 0.913. The Labute approximate surface area is 102 Å². The molecule has 3 nitrogen and oxygen atoms in total. The molecule has 2 aromatic rings. The van der Waals surface area contributed by atoms with Crippen LogP contribution in [0.1, 0.15) is 6.92 Å². The minimum Gasteiger partial charge on any atom is -0.299 e. The van der Waals surface area contributed by atoms with Crippen molar-refractivity contribution < 1.29 is 4.79 Å². The van der Waals surface area contributed by atoms with E-state index < -0.39 is 0 Å². The molecule has 5 heteroatoms. The molecule has 2 heterocycles. The molecule has 2 rings (SSSR count). The van der Waals surface area contributed by atoms with E-state index in [1.54, 1.807) is 24.5 Å². The monoisotopic (exact) mass is 250 g/mol. The smallest absolute Gasteiger partial charge is 0.188 e. The topological polar surface area (TPSA) is 42.9 Å². The zero-order valence-corrected chi connectivity index (χ0v) is 10.3. The highest BCUT2D eigenvalue weighted by molar-refractivity contribution is 7.99. The summed E-state index contributed by atoms with van der Waals surface area (Å²) < 4.78 is 0. The van der Waals surface area contributed by atoms with Crippen molar-refractivity contribution in [3.8, 4) is 10.6 Å². The van der Waals surface area contributed by atoms with Crippen LogP contribution >= 0.6 is 23.1 Å². The lowest BCUT2D eigenvalue weighted by atomic mass is 10.3. The van der Waals surface area contributed by atoms with E-state index in [0.29, 0.717) is 10.9 Å². The molecule has 0 N–H and O–H groups in total. The SMILES string of the molecule is CC(=O)CSc1nccc(-c2cccs2)n1. The van der Waals surface area contributed by atoms with Crippen LogP contribution in [-0.4, -0.2) is 21.5 Å². The van der Waals surface area contributed by atoms with Gasteiger partial charge < -0.3 is 0 Å². The molecule has 0 amide bonds. The van der Waals surface area contributed by atoms with Gasteiger partial charge in [-0.15, -0.1) is 11.3 Å². The molecule has 82 valence electrons. The Morgan fingerprint density at radius 2 is 2.38 bits per heavy atom. The van der Waals surface area contributed by atoms with E-state index >= 15 is 0 Å². The highest BCUT2D eigenvalue weighted by Crippen LogP contribution is 2.24. The summed E-state index contributed by atoms with van der Waals surface area (Å²) >= 11 is 3.02. The maximum atomic E-state index is 10.9. The fourth-order valence-electron chi connectivity index (χ4n) is 1.14. The zero-order chi connectivity index (χ0) is 11.4. The van der Waals surface area contributed by atoms with Gasteiger partial charge in [0.15, 0.2) is 5.16 Å². The van der Waals surface area contributed by atoms with Gasteiger partial charge in [-0.1, -0.05) is 17.8 Å². The lowest BCUT2D eigenvalue weighted by Gasteiger charge is -2.00. The number of carbonyl (C=O) groups excluding carboxylic acids is 1. The third-order valence-corrected chi connectivity index (χ3v) is 3.71. The molecule has 0 radical (unpaired) electrons. The predicted octanol–water partition coefficient (Wildman–Crippen LogP) is 2.89. The van der Waals surface area contributed by atoms with Crippen LogP contribution in [0.2, 0.25) is 0 Å². The molecule has 0 aromatic carbocycles. The van der Waals surface area contributed by atoms with Gasteiger partial charge in [0, 0.05) is 6.20 Å². The molecule has 16 heavy (non-hydrogen) atoms. The normalized spacial score (nSPS) is 10.3. The van der Waals surface area contributed by atoms with Crippen LogP contribution in [0, 0.1) is 0 Å². The quantitative estimate of drug-likeness (QED) is 0.618. The Bertz CT molecular complexity index is 482. The molecule has 0 aliphatic rings. The first kappa shape index (κ1) is 11.3. The minimum atomic E-state index is 0.134. The second-order valence-corrected chi connectivity index (χ2v) is 5.08. The van der Waals surface area contributed by atoms with Crippen molar-refractivity contribution >= 4 is 28.9 Å². The van der Waals surface area contributed by atoms with Crippen molar-refractivity contribution in [2.24, 2.45) is 0 Å². The van der Waals surface area contributed by atoms with Crippen molar-refractivity contribution in [2.75, 3.05) is 5.75 Å². The van der Waals surface area contributed by atoms with Gasteiger partial charge in [-0.05, 0) is 24.4 Å². The van der Waals surface area contributed by atoms with Gasteiger partial charge >= 0.3 is 0 Å². The summed E-state index contributed by atoms with van der Waals surface area (Å²) in [5.74, 6) is 0.559. The summed E-state index contributed by atoms with van der Waals surface area (Å²) in [4.78, 5) is 20.5. The predicted molar refractivity (Wildman–Crippen MR) is 66.8 cm³/mol. The number of carbonyl (C=O) groups is 1. The first-order chi connectivity index (χ1) is 7.75. The van der Waals surface area contributed by atoms with Crippen LogP contribution in [0.5, 0.6) is 0 Å². The number of rotatable bonds is 4. The second kappa shape index (κ2) is 5.23. The van der Waals surface area contributed by atoms with E-state index in [2.05, 4.69) is 9.97 Å². The Balaban J connectivity index is 2.17. The molecule has 0 saturated heterocycles. The number of Topliss-reactive ketones (excluding diaryl/α,β-unsaturated/α-hetero) is 1. The van der Waals surface area contributed by atoms with Crippen LogP contribution in [0.3, 0.4) is 0 Å². The molecule has 0 bridgehead atoms. The summed E-state index contributed by atoms with van der Waals surface area (Å²) in [6.45, 7) is 1.57. The fraction of sp³-hybridized carbons (Fsp3) is 0.182. The lowest BCUT2D eigenvalue weighted by molar-refractivity contribution is -0.114. The van der Waals surface area contributed by atoms with Gasteiger partial charge in [-0.2, -0.15) is 0 Å². The molecular formula is C11H10N2OS2. The van der Waals surface area contributed by atoms with Gasteiger partial charge in [0.1, 0.15) is 5.78 Å². The number of thioether (sulfide) groups is 1. The van der Waals surface area contributed by atoms with Gasteiger partial charge in [0.25, 0.3) is 0 Å². The number of hydrogen-bond donors (Lipinski definition) is 0. The van der Waals surface area contributed by atoms with Gasteiger partial charge in [-0.25, -0.2) is 9.97 Å². The third kappa shape index (κ3) is 2.90. The molecular weight excluding hydrogens is 240 g/mol. The Kier molecular flexibility index (Phi) is 3.69. The molecule has 0 fully saturated rings. The third-order valence-electron chi connectivity index (χ3n) is 1.81. The minimum absolute atomic E-state index is 0.134. The van der Waals surface area contributed by atoms with Crippen LogP contribution < -0.4 is 0 Å². The molecule has 0 saturated carbocycles. The maximum absolute atomic E-state index is 10.9. The molecule has 0 atom stereocenters. The average Bonchev–Trinajstić information content (AvgIpc) is 2.80. The van der Waals surface area contributed by atoms with E-state index in [0.717, 1.165) is 10.6 Å². The Morgan fingerprint density at radius 3 is 3.06 bits per heavy atom. The number of nitrogens with zero attached hydrogens (tertiary/aromatic N) is 2. The largest absolute Gasteiger partial charge is 0.299 e. The van der Waals surface area contributed by atoms with Crippen molar-refractivity contribution in [2.45, 2.75) is 12.1 Å². The van der Waals surface area contributed by atoms with Gasteiger partial charge in [0.05, 0.1) is 16.3 Å². The van der Waals surface area contributed by atoms with Crippen LogP contribution in [0.4, 0.5) is 0 Å². The maximum Gasteiger partial charge on any atom is 0.188 e. The van der Waals surface area contributed by atoms with Crippen LogP contribution in [-0.2, 0) is 4.79 Å². The van der Waals surface area contributed by atoms with E-state index in [-0.39, 0.29) is 5.78 Å². The summed E-state index contributed by atoms with van der Waals surface area (Å²) in [5, 5.41) is 2.67. The van der Waals surface area contributed by atoms with E-state index in [1.807, 2.05) is 23.6 Å². The standard InChI is InChI=1S/C11H10N2OS2/c1-8(14)7-16-11-12-5-4-9(13-11)10-3-2-6-15-10/h2-6H,7H2,1H3. The van der Waals surface area contributed by atoms with Crippen LogP contribution in [0.15, 0.2) is 34.9 Å². The number of thiophene rings is 1. The van der Waals surface area contributed by atoms with E-state index in [4.69, 9.17) is 0 Å². The molecule has 0 spiro atoms. The lowest BCUT2D eigenvalue weighted by Crippen LogP contribution is -1.96. The average molecular weight is 250 g/mol. The Hall–Kier alpha value is -1.20. The fourth-order valence-corrected chi connectivity index (χ4v) is 2.46. The molecule has 0 aliphatic heterocycles. The Morgan fingerprint density at radius 1 is 1.50 bits per heavy atom. The highest BCUT2D eigenvalue weighted by Gasteiger charge is 2.04. The molecule has 0 aliphatic carbocycles. The van der Waals surface area contributed by atoms with Crippen molar-refractivity contribution in [1.29, 1.82) is 0 Å². The van der Waals surface area contributed by atoms with Crippen LogP contribution in [0.25, 0.3) is 10.6 Å². The number of ketones is 1. The summed E-state index contributed by atoms with van der Waals surface area (Å²) in [6.07, 6.45) is 1.73. The number of hydrogen-bond acceptors (Lipinski definition) is 5. The number of aromatic nitrogens is 2. The highest BCUT2D eigenvalue weighted by atomic mass is 32.2. The van der Waals surface area contributed by atoms with Gasteiger partial charge in [0.2, 0.25) is 0 Å². The molecule has 0 unspecified atom stereocenters. The summed E-state index contributed by atoms with van der Waals surface area (Å²) in [7, 11) is 0. The zero-order valence-electron chi connectivity index (χ0n) is 8.71. The first-order valence-electron chi connectivity index (χ1n) is 4.75. The van der Waals surface area contributed by atoms with Crippen molar-refractivity contribution in [3.63, 3.8) is 0 Å². The van der Waals surface area contributed by atoms with Crippen molar-refractivity contribution in [3.05, 3.63) is 29.8 Å². The van der Waals surface area contributed by atoms with E-state index in [1.165, 1.54) is 11.8 Å². The molecule has 2 aromatic heterocycles. The van der Waals surface area contributed by atoms with E-state index in [9.17, 15) is 4.79 Å². The second-order valence-electron chi connectivity index (χ2n) is 3.19. The summed E-state index contributed by atoms with van der Waals surface area (Å²) in [6, 6.07) is 5.89.